The molecule has 1 aromatic heterocycles. The molecule has 0 saturated carbocycles. The lowest BCUT2D eigenvalue weighted by atomic mass is 10.1. The lowest BCUT2D eigenvalue weighted by Crippen LogP contribution is -2.37. The lowest BCUT2D eigenvalue weighted by Gasteiger charge is -2.17. The second-order valence-corrected chi connectivity index (χ2v) is 5.38. The summed E-state index contributed by atoms with van der Waals surface area (Å²) in [5.41, 5.74) is -1.10. The number of thioether (sulfide) groups is 1. The molecule has 8 heteroatoms. The molecular formula is C10H14N2O5S. The van der Waals surface area contributed by atoms with Crippen molar-refractivity contribution in [2.75, 3.05) is 13.7 Å². The third kappa shape index (κ3) is 2.37. The van der Waals surface area contributed by atoms with E-state index in [4.69, 9.17) is 4.74 Å². The van der Waals surface area contributed by atoms with Crippen molar-refractivity contribution in [3.8, 4) is 0 Å². The van der Waals surface area contributed by atoms with Crippen LogP contribution in [0, 0.1) is 0 Å². The number of rotatable bonds is 3. The first kappa shape index (κ1) is 13.3. The Morgan fingerprint density at radius 3 is 2.78 bits per heavy atom. The van der Waals surface area contributed by atoms with Crippen molar-refractivity contribution in [3.05, 3.63) is 33.1 Å². The maximum absolute atomic E-state index is 11.6. The van der Waals surface area contributed by atoms with E-state index in [0.29, 0.717) is 0 Å². The Morgan fingerprint density at radius 1 is 1.44 bits per heavy atom. The highest BCUT2D eigenvalue weighted by Crippen LogP contribution is 2.41. The van der Waals surface area contributed by atoms with E-state index in [-0.39, 0.29) is 11.9 Å². The number of H-pyrrole nitrogens is 1. The van der Waals surface area contributed by atoms with Crippen LogP contribution in [0.4, 0.5) is 0 Å². The molecule has 1 aliphatic heterocycles. The van der Waals surface area contributed by atoms with E-state index < -0.39 is 28.8 Å². The number of nitrogens with zero attached hydrogens (tertiary/aromatic N) is 1. The molecule has 2 heterocycles. The highest BCUT2D eigenvalue weighted by atomic mass is 32.2. The monoisotopic (exact) mass is 274 g/mol. The molecule has 1 fully saturated rings. The minimum Gasteiger partial charge on any atom is -0.389 e. The summed E-state index contributed by atoms with van der Waals surface area (Å²) in [6.45, 7) is 0.275. The van der Waals surface area contributed by atoms with Gasteiger partial charge in [-0.3, -0.25) is 14.3 Å². The Hall–Kier alpha value is -1.09. The second-order valence-electron chi connectivity index (χ2n) is 4.02. The largest absolute Gasteiger partial charge is 0.389 e. The molecule has 1 aliphatic rings. The number of aliphatic hydroxyl groups excluding tert-OH is 2. The molecule has 1 aromatic rings. The van der Waals surface area contributed by atoms with Gasteiger partial charge in [-0.25, -0.2) is 4.79 Å². The topological polar surface area (TPSA) is 105 Å². The van der Waals surface area contributed by atoms with Gasteiger partial charge in [0.2, 0.25) is 0 Å². The van der Waals surface area contributed by atoms with E-state index in [1.165, 1.54) is 35.7 Å². The molecule has 0 bridgehead atoms. The second kappa shape index (κ2) is 5.27. The van der Waals surface area contributed by atoms with Crippen molar-refractivity contribution in [2.45, 2.75) is 22.8 Å². The third-order valence-corrected chi connectivity index (χ3v) is 4.34. The molecule has 1 saturated heterocycles. The minimum absolute atomic E-state index is 0.275. The first-order chi connectivity index (χ1) is 8.54. The van der Waals surface area contributed by atoms with Gasteiger partial charge in [-0.1, -0.05) is 0 Å². The van der Waals surface area contributed by atoms with Crippen LogP contribution in [0.15, 0.2) is 21.9 Å². The number of aliphatic hydroxyl groups is 2. The Balaban J connectivity index is 2.29. The summed E-state index contributed by atoms with van der Waals surface area (Å²) in [4.78, 5) is 24.7. The number of nitrogens with one attached hydrogen (secondary N) is 1. The van der Waals surface area contributed by atoms with Crippen LogP contribution in [0.5, 0.6) is 0 Å². The number of aromatic amines is 1. The molecule has 100 valence electrons. The van der Waals surface area contributed by atoms with Crippen molar-refractivity contribution in [2.24, 2.45) is 0 Å². The number of aromatic nitrogens is 2. The maximum Gasteiger partial charge on any atom is 0.329 e. The SMILES string of the molecule is COC[C@H]1S[C@@H](n2ccc(=O)[nH]c2=O)[C@@H](O)[C@@H]1O. The summed E-state index contributed by atoms with van der Waals surface area (Å²) in [5.74, 6) is 0. The van der Waals surface area contributed by atoms with E-state index in [9.17, 15) is 19.8 Å². The van der Waals surface area contributed by atoms with Gasteiger partial charge in [-0.05, 0) is 0 Å². The average Bonchev–Trinajstić information content (AvgIpc) is 2.58. The number of ether oxygens (including phenoxy) is 1. The zero-order valence-electron chi connectivity index (χ0n) is 9.65. The molecule has 0 spiro atoms. The Kier molecular flexibility index (Phi) is 3.91. The fourth-order valence-electron chi connectivity index (χ4n) is 1.89. The molecule has 2 rings (SSSR count). The molecular weight excluding hydrogens is 260 g/mol. The van der Waals surface area contributed by atoms with Gasteiger partial charge in [0.05, 0.1) is 18.0 Å². The zero-order chi connectivity index (χ0) is 13.3. The highest BCUT2D eigenvalue weighted by molar-refractivity contribution is 8.00. The van der Waals surface area contributed by atoms with Gasteiger partial charge in [0.15, 0.2) is 0 Å². The summed E-state index contributed by atoms with van der Waals surface area (Å²) < 4.78 is 6.14. The molecule has 0 unspecified atom stereocenters. The Labute approximate surface area is 106 Å². The molecule has 7 nitrogen and oxygen atoms in total. The summed E-state index contributed by atoms with van der Waals surface area (Å²) in [5, 5.41) is 18.8. The van der Waals surface area contributed by atoms with E-state index >= 15 is 0 Å². The van der Waals surface area contributed by atoms with E-state index in [1.54, 1.807) is 0 Å². The van der Waals surface area contributed by atoms with Gasteiger partial charge in [-0.2, -0.15) is 0 Å². The van der Waals surface area contributed by atoms with Crippen LogP contribution >= 0.6 is 11.8 Å². The van der Waals surface area contributed by atoms with Crippen molar-refractivity contribution >= 4 is 11.8 Å². The summed E-state index contributed by atoms with van der Waals surface area (Å²) in [6, 6.07) is 1.20. The van der Waals surface area contributed by atoms with Gasteiger partial charge in [0, 0.05) is 19.4 Å². The number of hydrogen-bond acceptors (Lipinski definition) is 6. The highest BCUT2D eigenvalue weighted by Gasteiger charge is 2.43. The molecule has 4 atom stereocenters. The Bertz CT molecular complexity index is 527. The van der Waals surface area contributed by atoms with Crippen molar-refractivity contribution in [1.82, 2.24) is 9.55 Å². The quantitative estimate of drug-likeness (QED) is 0.621. The number of hydrogen-bond donors (Lipinski definition) is 3. The maximum atomic E-state index is 11.6. The van der Waals surface area contributed by atoms with E-state index in [1.807, 2.05) is 0 Å². The fraction of sp³-hybridized carbons (Fsp3) is 0.600. The smallest absolute Gasteiger partial charge is 0.329 e. The van der Waals surface area contributed by atoms with Crippen LogP contribution in [0.2, 0.25) is 0 Å². The van der Waals surface area contributed by atoms with Crippen molar-refractivity contribution in [3.63, 3.8) is 0 Å². The summed E-state index contributed by atoms with van der Waals surface area (Å²) in [7, 11) is 1.50. The summed E-state index contributed by atoms with van der Waals surface area (Å²) in [6.07, 6.45) is -0.748. The molecule has 0 aliphatic carbocycles. The zero-order valence-corrected chi connectivity index (χ0v) is 10.5. The molecule has 0 amide bonds. The van der Waals surface area contributed by atoms with Crippen molar-refractivity contribution < 1.29 is 14.9 Å². The average molecular weight is 274 g/mol. The predicted molar refractivity (Wildman–Crippen MR) is 65.6 cm³/mol. The van der Waals surface area contributed by atoms with Crippen LogP contribution < -0.4 is 11.2 Å². The minimum atomic E-state index is -1.08. The normalized spacial score (nSPS) is 31.7. The van der Waals surface area contributed by atoms with Crippen molar-refractivity contribution in [1.29, 1.82) is 0 Å². The standard InChI is InChI=1S/C10H14N2O5S/c1-17-4-5-7(14)8(15)9(18-5)12-3-2-6(13)11-10(12)16/h2-3,5,7-9,14-15H,4H2,1H3,(H,11,13,16)/t5-,7-,8+,9-/m1/s1. The van der Waals surface area contributed by atoms with Crippen LogP contribution in [-0.4, -0.2) is 50.9 Å². The third-order valence-electron chi connectivity index (χ3n) is 2.79. The van der Waals surface area contributed by atoms with E-state index in [2.05, 4.69) is 4.98 Å². The van der Waals surface area contributed by atoms with Crippen LogP contribution in [-0.2, 0) is 4.74 Å². The molecule has 0 radical (unpaired) electrons. The van der Waals surface area contributed by atoms with E-state index in [0.717, 1.165) is 0 Å². The summed E-state index contributed by atoms with van der Waals surface area (Å²) >= 11 is 1.24. The van der Waals surface area contributed by atoms with Crippen LogP contribution in [0.3, 0.4) is 0 Å². The fourth-order valence-corrected chi connectivity index (χ4v) is 3.40. The Morgan fingerprint density at radius 2 is 2.17 bits per heavy atom. The first-order valence-electron chi connectivity index (χ1n) is 5.36. The first-order valence-corrected chi connectivity index (χ1v) is 6.31. The van der Waals surface area contributed by atoms with Gasteiger partial charge < -0.3 is 14.9 Å². The lowest BCUT2D eigenvalue weighted by molar-refractivity contribution is 0.00659. The van der Waals surface area contributed by atoms with Gasteiger partial charge in [0.1, 0.15) is 11.5 Å². The van der Waals surface area contributed by atoms with Gasteiger partial charge in [0.25, 0.3) is 5.56 Å². The predicted octanol–water partition coefficient (Wildman–Crippen LogP) is -1.48. The van der Waals surface area contributed by atoms with Crippen LogP contribution in [0.25, 0.3) is 0 Å². The molecule has 3 N–H and O–H groups in total. The van der Waals surface area contributed by atoms with Crippen LogP contribution in [0.1, 0.15) is 5.37 Å². The molecule has 18 heavy (non-hydrogen) atoms. The van der Waals surface area contributed by atoms with Gasteiger partial charge in [-0.15, -0.1) is 11.8 Å². The number of methoxy groups -OCH3 is 1. The van der Waals surface area contributed by atoms with Gasteiger partial charge >= 0.3 is 5.69 Å². The molecule has 0 aromatic carbocycles.